The lowest BCUT2D eigenvalue weighted by Gasteiger charge is -2.19. The molecule has 1 aromatic rings. The Morgan fingerprint density at radius 3 is 2.17 bits per heavy atom. The van der Waals surface area contributed by atoms with E-state index < -0.39 is 23.3 Å². The molecule has 5 nitrogen and oxygen atoms in total. The fourth-order valence-electron chi connectivity index (χ4n) is 1.67. The Morgan fingerprint density at radius 2 is 1.58 bits per heavy atom. The third kappa shape index (κ3) is 7.68. The number of esters is 1. The quantitative estimate of drug-likeness (QED) is 0.665. The van der Waals surface area contributed by atoms with Crippen molar-refractivity contribution in [3.63, 3.8) is 0 Å². The lowest BCUT2D eigenvalue weighted by Crippen LogP contribution is -2.32. The van der Waals surface area contributed by atoms with Crippen LogP contribution in [0.4, 0.5) is 4.79 Å². The van der Waals surface area contributed by atoms with Crippen LogP contribution in [0.2, 0.25) is 0 Å². The first-order valence-electron chi connectivity index (χ1n) is 7.76. The first-order chi connectivity index (χ1) is 11.0. The van der Waals surface area contributed by atoms with Crippen LogP contribution in [0.1, 0.15) is 57.5 Å². The van der Waals surface area contributed by atoms with Crippen LogP contribution >= 0.6 is 0 Å². The number of amides is 1. The van der Waals surface area contributed by atoms with Gasteiger partial charge in [0.05, 0.1) is 12.1 Å². The predicted molar refractivity (Wildman–Crippen MR) is 92.7 cm³/mol. The highest BCUT2D eigenvalue weighted by Crippen LogP contribution is 2.15. The summed E-state index contributed by atoms with van der Waals surface area (Å²) in [6, 6.07) is 6.95. The first kappa shape index (κ1) is 19.6. The van der Waals surface area contributed by atoms with Crippen molar-refractivity contribution in [3.8, 4) is 11.8 Å². The fourth-order valence-corrected chi connectivity index (χ4v) is 1.67. The molecule has 130 valence electrons. The maximum absolute atomic E-state index is 12.2. The predicted octanol–water partition coefficient (Wildman–Crippen LogP) is 3.52. The van der Waals surface area contributed by atoms with E-state index in [0.717, 1.165) is 0 Å². The molecule has 0 unspecified atom stereocenters. The number of alkyl carbamates (subject to hydrolysis) is 1. The molecule has 0 bridgehead atoms. The van der Waals surface area contributed by atoms with E-state index in [-0.39, 0.29) is 6.54 Å². The van der Waals surface area contributed by atoms with Crippen molar-refractivity contribution >= 4 is 12.1 Å². The molecule has 0 fully saturated rings. The molecule has 0 aliphatic rings. The third-order valence-electron chi connectivity index (χ3n) is 2.49. The van der Waals surface area contributed by atoms with Gasteiger partial charge in [-0.25, -0.2) is 9.59 Å². The molecule has 0 saturated heterocycles. The molecule has 1 amide bonds. The highest BCUT2D eigenvalue weighted by Gasteiger charge is 2.19. The van der Waals surface area contributed by atoms with Crippen LogP contribution < -0.4 is 5.32 Å². The maximum Gasteiger partial charge on any atom is 0.408 e. The van der Waals surface area contributed by atoms with Gasteiger partial charge < -0.3 is 14.8 Å². The minimum Gasteiger partial charge on any atom is -0.456 e. The standard InChI is InChI=1S/C19H25NO4/c1-18(2,3)23-16(21)15-12-8-7-10-14(15)11-9-13-20-17(22)24-19(4,5)6/h7-8,10,12H,13H2,1-6H3,(H,20,22). The molecule has 0 heterocycles. The van der Waals surface area contributed by atoms with Gasteiger partial charge in [0, 0.05) is 5.56 Å². The average Bonchev–Trinajstić information content (AvgIpc) is 2.40. The SMILES string of the molecule is CC(C)(C)OC(=O)NCC#Cc1ccccc1C(=O)OC(C)(C)C. The van der Waals surface area contributed by atoms with Crippen LogP contribution in [-0.4, -0.2) is 29.8 Å². The number of carbonyl (C=O) groups excluding carboxylic acids is 2. The number of ether oxygens (including phenoxy) is 2. The topological polar surface area (TPSA) is 64.6 Å². The number of hydrogen-bond acceptors (Lipinski definition) is 4. The second kappa shape index (κ2) is 7.87. The smallest absolute Gasteiger partial charge is 0.408 e. The van der Waals surface area contributed by atoms with E-state index in [9.17, 15) is 9.59 Å². The van der Waals surface area contributed by atoms with Gasteiger partial charge in [0.1, 0.15) is 11.2 Å². The molecule has 0 aliphatic heterocycles. The minimum atomic E-state index is -0.574. The molecular weight excluding hydrogens is 306 g/mol. The lowest BCUT2D eigenvalue weighted by molar-refractivity contribution is 0.00689. The summed E-state index contributed by atoms with van der Waals surface area (Å²) in [5.74, 6) is 5.26. The lowest BCUT2D eigenvalue weighted by atomic mass is 10.1. The van der Waals surface area contributed by atoms with E-state index in [1.165, 1.54) is 0 Å². The maximum atomic E-state index is 12.2. The van der Waals surface area contributed by atoms with Gasteiger partial charge in [-0.05, 0) is 53.7 Å². The van der Waals surface area contributed by atoms with Crippen molar-refractivity contribution in [1.82, 2.24) is 5.32 Å². The molecule has 1 N–H and O–H groups in total. The number of benzene rings is 1. The molecule has 0 saturated carbocycles. The Hall–Kier alpha value is -2.48. The molecule has 1 aromatic carbocycles. The van der Waals surface area contributed by atoms with Crippen molar-refractivity contribution in [2.75, 3.05) is 6.54 Å². The van der Waals surface area contributed by atoms with Crippen LogP contribution in [0.3, 0.4) is 0 Å². The van der Waals surface area contributed by atoms with Crippen molar-refractivity contribution in [1.29, 1.82) is 0 Å². The summed E-state index contributed by atoms with van der Waals surface area (Å²) >= 11 is 0. The van der Waals surface area contributed by atoms with Crippen LogP contribution in [0.15, 0.2) is 24.3 Å². The molecule has 0 aromatic heterocycles. The summed E-state index contributed by atoms with van der Waals surface area (Å²) in [7, 11) is 0. The monoisotopic (exact) mass is 331 g/mol. The molecule has 5 heteroatoms. The number of nitrogens with one attached hydrogen (secondary N) is 1. The van der Waals surface area contributed by atoms with Gasteiger partial charge in [-0.3, -0.25) is 0 Å². The Morgan fingerprint density at radius 1 is 1.00 bits per heavy atom. The van der Waals surface area contributed by atoms with Crippen LogP contribution in [0.25, 0.3) is 0 Å². The summed E-state index contributed by atoms with van der Waals surface area (Å²) in [6.07, 6.45) is -0.530. The molecular formula is C19H25NO4. The zero-order valence-electron chi connectivity index (χ0n) is 15.1. The fraction of sp³-hybridized carbons (Fsp3) is 0.474. The Kier molecular flexibility index (Phi) is 6.42. The van der Waals surface area contributed by atoms with Gasteiger partial charge in [0.25, 0.3) is 0 Å². The average molecular weight is 331 g/mol. The minimum absolute atomic E-state index is 0.123. The molecule has 0 radical (unpaired) electrons. The summed E-state index contributed by atoms with van der Waals surface area (Å²) in [4.78, 5) is 23.7. The van der Waals surface area contributed by atoms with E-state index in [4.69, 9.17) is 9.47 Å². The van der Waals surface area contributed by atoms with Gasteiger partial charge in [0.2, 0.25) is 0 Å². The third-order valence-corrected chi connectivity index (χ3v) is 2.49. The molecule has 24 heavy (non-hydrogen) atoms. The van der Waals surface area contributed by atoms with E-state index in [1.807, 2.05) is 20.8 Å². The van der Waals surface area contributed by atoms with Gasteiger partial charge >= 0.3 is 12.1 Å². The first-order valence-corrected chi connectivity index (χ1v) is 7.76. The van der Waals surface area contributed by atoms with Crippen molar-refractivity contribution in [3.05, 3.63) is 35.4 Å². The van der Waals surface area contributed by atoms with Crippen LogP contribution in [-0.2, 0) is 9.47 Å². The van der Waals surface area contributed by atoms with Gasteiger partial charge in [0.15, 0.2) is 0 Å². The zero-order chi connectivity index (χ0) is 18.4. The Balaban J connectivity index is 2.73. The van der Waals surface area contributed by atoms with E-state index in [0.29, 0.717) is 11.1 Å². The van der Waals surface area contributed by atoms with Crippen LogP contribution in [0.5, 0.6) is 0 Å². The zero-order valence-corrected chi connectivity index (χ0v) is 15.1. The Bertz CT molecular complexity index is 654. The number of rotatable bonds is 2. The number of hydrogen-bond donors (Lipinski definition) is 1. The van der Waals surface area contributed by atoms with Crippen molar-refractivity contribution < 1.29 is 19.1 Å². The van der Waals surface area contributed by atoms with Crippen molar-refractivity contribution in [2.45, 2.75) is 52.7 Å². The van der Waals surface area contributed by atoms with Crippen LogP contribution in [0, 0.1) is 11.8 Å². The summed E-state index contributed by atoms with van der Waals surface area (Å²) in [5.41, 5.74) is -0.175. The summed E-state index contributed by atoms with van der Waals surface area (Å²) in [6.45, 7) is 10.9. The van der Waals surface area contributed by atoms with Gasteiger partial charge in [-0.2, -0.15) is 0 Å². The van der Waals surface area contributed by atoms with E-state index in [1.54, 1.807) is 45.0 Å². The summed E-state index contributed by atoms with van der Waals surface area (Å²) < 4.78 is 10.5. The van der Waals surface area contributed by atoms with Gasteiger partial charge in [-0.15, -0.1) is 0 Å². The summed E-state index contributed by atoms with van der Waals surface area (Å²) in [5, 5.41) is 2.55. The molecule has 0 spiro atoms. The normalized spacial score (nSPS) is 11.1. The largest absolute Gasteiger partial charge is 0.456 e. The van der Waals surface area contributed by atoms with E-state index in [2.05, 4.69) is 17.2 Å². The second-order valence-corrected chi connectivity index (χ2v) is 7.20. The van der Waals surface area contributed by atoms with Gasteiger partial charge in [-0.1, -0.05) is 24.0 Å². The molecule has 0 aliphatic carbocycles. The second-order valence-electron chi connectivity index (χ2n) is 7.20. The van der Waals surface area contributed by atoms with Crippen molar-refractivity contribution in [2.24, 2.45) is 0 Å². The Labute approximate surface area is 143 Å². The highest BCUT2D eigenvalue weighted by molar-refractivity contribution is 5.92. The molecule has 0 atom stereocenters. The van der Waals surface area contributed by atoms with E-state index >= 15 is 0 Å². The highest BCUT2D eigenvalue weighted by atomic mass is 16.6. The number of carbonyl (C=O) groups is 2. The molecule has 1 rings (SSSR count).